The molecule has 2 rings (SSSR count). The minimum Gasteiger partial charge on any atom is -0.480 e. The van der Waals surface area contributed by atoms with E-state index in [1.807, 2.05) is 0 Å². The molecule has 0 aliphatic heterocycles. The van der Waals surface area contributed by atoms with Crippen molar-refractivity contribution >= 4 is 41.4 Å². The second kappa shape index (κ2) is 13.4. The highest BCUT2D eigenvalue weighted by molar-refractivity contribution is 5.75. The van der Waals surface area contributed by atoms with E-state index < -0.39 is 24.1 Å². The van der Waals surface area contributed by atoms with E-state index >= 15 is 0 Å². The molecule has 10 nitrogen and oxygen atoms in total. The molecule has 0 bridgehead atoms. The summed E-state index contributed by atoms with van der Waals surface area (Å²) in [4.78, 5) is 30.1. The number of hydrogen-bond donors (Lipinski definition) is 7. The third-order valence-electron chi connectivity index (χ3n) is 3.48. The molecule has 7 N–H and O–H groups in total. The Bertz CT molecular complexity index is 975. The molecule has 0 saturated carbocycles. The molecule has 0 aliphatic rings. The van der Waals surface area contributed by atoms with Crippen LogP contribution in [0.2, 0.25) is 0 Å². The molecule has 0 aromatic heterocycles. The first-order valence-electron chi connectivity index (χ1n) is 9.17. The number of anilines is 2. The number of carboxylic acids is 3. The Morgan fingerprint density at radius 2 is 1.18 bits per heavy atom. The molecule has 0 spiro atoms. The Morgan fingerprint density at radius 3 is 1.56 bits per heavy atom. The van der Waals surface area contributed by atoms with Gasteiger partial charge in [0.15, 0.2) is 0 Å². The minimum atomic E-state index is -5.08. The molecular formula is C20H20F4N4O6. The van der Waals surface area contributed by atoms with E-state index in [0.717, 1.165) is 11.1 Å². The second-order valence-electron chi connectivity index (χ2n) is 6.28. The first kappa shape index (κ1) is 27.9. The lowest BCUT2D eigenvalue weighted by molar-refractivity contribution is -0.192. The van der Waals surface area contributed by atoms with Crippen molar-refractivity contribution in [3.05, 3.63) is 59.4 Å². The molecule has 0 heterocycles. The predicted octanol–water partition coefficient (Wildman–Crippen LogP) is 2.63. The normalized spacial score (nSPS) is 10.8. The molecule has 34 heavy (non-hydrogen) atoms. The van der Waals surface area contributed by atoms with Crippen LogP contribution in [0.5, 0.6) is 0 Å². The standard InChI is InChI=1S/C18H19FN4O4.C2HF3O2/c19-14-5-3-12(4-6-14)1-2-13-7-15(22-20-10-17(24)25)9-16(8-13)23-21-11-18(26)27;3-2(4,5)1(6)7/h1-9,20-23H,10-11H2,(H,24,25)(H,26,27);(H,6,7)/b2-1+;. The fraction of sp³-hybridized carbons (Fsp3) is 0.150. The summed E-state index contributed by atoms with van der Waals surface area (Å²) in [5.41, 5.74) is 13.3. The van der Waals surface area contributed by atoms with Crippen LogP contribution in [0.4, 0.5) is 28.9 Å². The molecule has 0 amide bonds. The van der Waals surface area contributed by atoms with Gasteiger partial charge in [0.2, 0.25) is 0 Å². The number of carboxylic acid groups (broad SMARTS) is 3. The molecule has 0 radical (unpaired) electrons. The van der Waals surface area contributed by atoms with E-state index in [2.05, 4.69) is 21.7 Å². The van der Waals surface area contributed by atoms with E-state index in [1.54, 1.807) is 42.5 Å². The van der Waals surface area contributed by atoms with Crippen LogP contribution in [-0.2, 0) is 14.4 Å². The summed E-state index contributed by atoms with van der Waals surface area (Å²) >= 11 is 0. The molecule has 184 valence electrons. The predicted molar refractivity (Wildman–Crippen MR) is 114 cm³/mol. The largest absolute Gasteiger partial charge is 0.490 e. The van der Waals surface area contributed by atoms with Crippen LogP contribution in [0.3, 0.4) is 0 Å². The van der Waals surface area contributed by atoms with Crippen molar-refractivity contribution < 1.29 is 47.3 Å². The fourth-order valence-corrected chi connectivity index (χ4v) is 2.10. The number of nitrogens with one attached hydrogen (secondary N) is 4. The van der Waals surface area contributed by atoms with E-state index in [-0.39, 0.29) is 18.9 Å². The Hall–Kier alpha value is -4.17. The number of carbonyl (C=O) groups is 3. The van der Waals surface area contributed by atoms with Gasteiger partial charge in [0.1, 0.15) is 18.9 Å². The zero-order chi connectivity index (χ0) is 25.7. The maximum Gasteiger partial charge on any atom is 0.490 e. The topological polar surface area (TPSA) is 160 Å². The van der Waals surface area contributed by atoms with Crippen molar-refractivity contribution in [1.29, 1.82) is 0 Å². The lowest BCUT2D eigenvalue weighted by Gasteiger charge is -2.12. The lowest BCUT2D eigenvalue weighted by atomic mass is 10.1. The van der Waals surface area contributed by atoms with Gasteiger partial charge in [0, 0.05) is 0 Å². The van der Waals surface area contributed by atoms with E-state index in [4.69, 9.17) is 20.1 Å². The minimum absolute atomic E-state index is 0.282. The van der Waals surface area contributed by atoms with Crippen LogP contribution in [-0.4, -0.2) is 52.5 Å². The number of benzene rings is 2. The molecular weight excluding hydrogens is 468 g/mol. The first-order chi connectivity index (χ1) is 15.9. The Balaban J connectivity index is 0.000000718. The highest BCUT2D eigenvalue weighted by Crippen LogP contribution is 2.20. The zero-order valence-corrected chi connectivity index (χ0v) is 17.2. The van der Waals surface area contributed by atoms with E-state index in [9.17, 15) is 27.2 Å². The van der Waals surface area contributed by atoms with Crippen molar-refractivity contribution in [1.82, 2.24) is 10.9 Å². The maximum absolute atomic E-state index is 13.0. The number of aliphatic carboxylic acids is 3. The molecule has 0 aliphatic carbocycles. The number of hydrazine groups is 2. The van der Waals surface area contributed by atoms with Crippen molar-refractivity contribution in [2.75, 3.05) is 23.9 Å². The van der Waals surface area contributed by atoms with E-state index in [0.29, 0.717) is 11.4 Å². The van der Waals surface area contributed by atoms with Gasteiger partial charge in [-0.05, 0) is 41.5 Å². The summed E-state index contributed by atoms with van der Waals surface area (Å²) in [5, 5.41) is 24.5. The fourth-order valence-electron chi connectivity index (χ4n) is 2.10. The molecule has 0 fully saturated rings. The van der Waals surface area contributed by atoms with E-state index in [1.165, 1.54) is 12.1 Å². The number of alkyl halides is 3. The van der Waals surface area contributed by atoms with Crippen LogP contribution >= 0.6 is 0 Å². The number of rotatable bonds is 10. The third-order valence-corrected chi connectivity index (χ3v) is 3.48. The van der Waals surface area contributed by atoms with Gasteiger partial charge in [-0.25, -0.2) is 20.0 Å². The molecule has 0 unspecified atom stereocenters. The van der Waals surface area contributed by atoms with Crippen LogP contribution in [0, 0.1) is 5.82 Å². The average Bonchev–Trinajstić information content (AvgIpc) is 2.72. The van der Waals surface area contributed by atoms with Crippen LogP contribution in [0.15, 0.2) is 42.5 Å². The molecule has 2 aromatic rings. The van der Waals surface area contributed by atoms with Gasteiger partial charge < -0.3 is 26.2 Å². The molecule has 14 heteroatoms. The van der Waals surface area contributed by atoms with Gasteiger partial charge in [-0.15, -0.1) is 0 Å². The lowest BCUT2D eigenvalue weighted by Crippen LogP contribution is -2.29. The highest BCUT2D eigenvalue weighted by Gasteiger charge is 2.38. The Kier molecular flexibility index (Phi) is 11.0. The summed E-state index contributed by atoms with van der Waals surface area (Å²) in [6.45, 7) is -0.564. The Labute approximate surface area is 189 Å². The van der Waals surface area contributed by atoms with Crippen molar-refractivity contribution in [3.63, 3.8) is 0 Å². The quantitative estimate of drug-likeness (QED) is 0.150. The van der Waals surface area contributed by atoms with Crippen LogP contribution < -0.4 is 21.7 Å². The monoisotopic (exact) mass is 488 g/mol. The third kappa shape index (κ3) is 12.0. The van der Waals surface area contributed by atoms with Gasteiger partial charge in [-0.1, -0.05) is 24.3 Å². The number of hydrogen-bond acceptors (Lipinski definition) is 7. The zero-order valence-electron chi connectivity index (χ0n) is 17.2. The van der Waals surface area contributed by atoms with Gasteiger partial charge in [-0.2, -0.15) is 13.2 Å². The van der Waals surface area contributed by atoms with Gasteiger partial charge >= 0.3 is 24.1 Å². The maximum atomic E-state index is 13.0. The first-order valence-corrected chi connectivity index (χ1v) is 9.17. The SMILES string of the molecule is O=C(O)C(F)(F)F.O=C(O)CNNc1cc(/C=C/c2ccc(F)cc2)cc(NNCC(=O)O)c1. The summed E-state index contributed by atoms with van der Waals surface area (Å²) in [5.74, 6) is -5.11. The molecule has 0 atom stereocenters. The van der Waals surface area contributed by atoms with Gasteiger partial charge in [0.25, 0.3) is 0 Å². The van der Waals surface area contributed by atoms with Crippen molar-refractivity contribution in [2.45, 2.75) is 6.18 Å². The summed E-state index contributed by atoms with van der Waals surface area (Å²) in [6, 6.07) is 11.2. The Morgan fingerprint density at radius 1 is 0.765 bits per heavy atom. The summed E-state index contributed by atoms with van der Waals surface area (Å²) in [6.07, 6.45) is -1.50. The van der Waals surface area contributed by atoms with Crippen molar-refractivity contribution in [2.24, 2.45) is 0 Å². The van der Waals surface area contributed by atoms with Gasteiger partial charge in [0.05, 0.1) is 11.4 Å². The highest BCUT2D eigenvalue weighted by atomic mass is 19.4. The molecule has 0 saturated heterocycles. The van der Waals surface area contributed by atoms with Crippen LogP contribution in [0.1, 0.15) is 11.1 Å². The summed E-state index contributed by atoms with van der Waals surface area (Å²) in [7, 11) is 0. The smallest absolute Gasteiger partial charge is 0.480 e. The molecule has 2 aromatic carbocycles. The number of halogens is 4. The van der Waals surface area contributed by atoms with Gasteiger partial charge in [-0.3, -0.25) is 9.59 Å². The van der Waals surface area contributed by atoms with Crippen LogP contribution in [0.25, 0.3) is 12.2 Å². The average molecular weight is 488 g/mol. The second-order valence-corrected chi connectivity index (χ2v) is 6.28. The summed E-state index contributed by atoms with van der Waals surface area (Å²) < 4.78 is 44.7. The van der Waals surface area contributed by atoms with Crippen molar-refractivity contribution in [3.8, 4) is 0 Å².